The Labute approximate surface area is 126 Å². The van der Waals surface area contributed by atoms with E-state index in [2.05, 4.69) is 0 Å². The molecule has 0 aliphatic rings. The zero-order valence-electron chi connectivity index (χ0n) is 11.6. The molecule has 0 aliphatic carbocycles. The summed E-state index contributed by atoms with van der Waals surface area (Å²) in [6, 6.07) is 0. The van der Waals surface area contributed by atoms with Gasteiger partial charge in [-0.15, -0.1) is 11.3 Å². The number of alkyl halides is 3. The third-order valence-electron chi connectivity index (χ3n) is 3.27. The van der Waals surface area contributed by atoms with Crippen molar-refractivity contribution < 1.29 is 18.0 Å². The molecule has 0 radical (unpaired) electrons. The van der Waals surface area contributed by atoms with E-state index in [4.69, 9.17) is 0 Å². The number of carbonyl (C=O) groups is 1. The van der Waals surface area contributed by atoms with E-state index in [0.29, 0.717) is 16.4 Å². The SMILES string of the molecule is Cc1c(C=O)sc2c1c(=O)n(CC(F)F)c(=O)n2CCCF. The maximum Gasteiger partial charge on any atom is 0.332 e. The maximum absolute atomic E-state index is 12.6. The van der Waals surface area contributed by atoms with Gasteiger partial charge in [-0.2, -0.15) is 0 Å². The second-order valence-corrected chi connectivity index (χ2v) is 5.70. The van der Waals surface area contributed by atoms with E-state index in [1.165, 1.54) is 6.92 Å². The van der Waals surface area contributed by atoms with E-state index in [-0.39, 0.29) is 28.1 Å². The fourth-order valence-corrected chi connectivity index (χ4v) is 3.37. The molecule has 0 saturated heterocycles. The molecule has 0 spiro atoms. The quantitative estimate of drug-likeness (QED) is 0.759. The van der Waals surface area contributed by atoms with Gasteiger partial charge in [-0.25, -0.2) is 13.6 Å². The molecule has 120 valence electrons. The topological polar surface area (TPSA) is 61.1 Å². The van der Waals surface area contributed by atoms with Crippen LogP contribution in [0, 0.1) is 6.92 Å². The van der Waals surface area contributed by atoms with Gasteiger partial charge in [-0.3, -0.25) is 23.1 Å². The number of fused-ring (bicyclic) bond motifs is 1. The molecule has 5 nitrogen and oxygen atoms in total. The van der Waals surface area contributed by atoms with Crippen molar-refractivity contribution >= 4 is 27.8 Å². The van der Waals surface area contributed by atoms with Crippen LogP contribution in [-0.4, -0.2) is 28.5 Å². The Morgan fingerprint density at radius 1 is 1.27 bits per heavy atom. The Morgan fingerprint density at radius 3 is 2.50 bits per heavy atom. The lowest BCUT2D eigenvalue weighted by Gasteiger charge is -2.11. The normalized spacial score (nSPS) is 11.5. The average Bonchev–Trinajstić information content (AvgIpc) is 2.80. The van der Waals surface area contributed by atoms with E-state index in [9.17, 15) is 27.6 Å². The van der Waals surface area contributed by atoms with Crippen LogP contribution in [0.3, 0.4) is 0 Å². The standard InChI is InChI=1S/C13H13F3N2O3S/c1-7-8(6-19)22-12-10(7)11(20)18(5-9(15)16)13(21)17(12)4-2-3-14/h6,9H,2-5H2,1H3. The van der Waals surface area contributed by atoms with Crippen LogP contribution in [0.15, 0.2) is 9.59 Å². The number of thiophene rings is 1. The maximum atomic E-state index is 12.6. The van der Waals surface area contributed by atoms with Gasteiger partial charge >= 0.3 is 5.69 Å². The molecule has 2 aromatic rings. The van der Waals surface area contributed by atoms with Gasteiger partial charge in [0.15, 0.2) is 6.29 Å². The minimum Gasteiger partial charge on any atom is -0.297 e. The highest BCUT2D eigenvalue weighted by Crippen LogP contribution is 2.26. The summed E-state index contributed by atoms with van der Waals surface area (Å²) >= 11 is 0.928. The van der Waals surface area contributed by atoms with Gasteiger partial charge in [0.2, 0.25) is 0 Å². The number of hydrogen-bond acceptors (Lipinski definition) is 4. The number of halogens is 3. The molecule has 0 aliphatic heterocycles. The van der Waals surface area contributed by atoms with Gasteiger partial charge in [0, 0.05) is 6.54 Å². The van der Waals surface area contributed by atoms with Crippen molar-refractivity contribution in [2.24, 2.45) is 0 Å². The van der Waals surface area contributed by atoms with Crippen LogP contribution in [0.2, 0.25) is 0 Å². The summed E-state index contributed by atoms with van der Waals surface area (Å²) in [6.07, 6.45) is -2.32. The molecule has 22 heavy (non-hydrogen) atoms. The highest BCUT2D eigenvalue weighted by Gasteiger charge is 2.21. The van der Waals surface area contributed by atoms with Gasteiger partial charge in [0.1, 0.15) is 4.83 Å². The van der Waals surface area contributed by atoms with Crippen LogP contribution >= 0.6 is 11.3 Å². The number of aromatic nitrogens is 2. The zero-order valence-corrected chi connectivity index (χ0v) is 12.5. The van der Waals surface area contributed by atoms with Gasteiger partial charge in [-0.1, -0.05) is 0 Å². The monoisotopic (exact) mass is 334 g/mol. The zero-order chi connectivity index (χ0) is 16.4. The minimum atomic E-state index is -2.87. The van der Waals surface area contributed by atoms with Crippen molar-refractivity contribution in [1.29, 1.82) is 0 Å². The first kappa shape index (κ1) is 16.5. The Balaban J connectivity index is 2.86. The summed E-state index contributed by atoms with van der Waals surface area (Å²) in [6.45, 7) is -0.254. The van der Waals surface area contributed by atoms with Crippen molar-refractivity contribution in [3.63, 3.8) is 0 Å². The fraction of sp³-hybridized carbons (Fsp3) is 0.462. The van der Waals surface area contributed by atoms with Crippen LogP contribution < -0.4 is 11.2 Å². The molecule has 0 amide bonds. The predicted octanol–water partition coefficient (Wildman–Crippen LogP) is 1.97. The summed E-state index contributed by atoms with van der Waals surface area (Å²) in [5, 5.41) is 0.0613. The van der Waals surface area contributed by atoms with Crippen molar-refractivity contribution in [2.75, 3.05) is 6.67 Å². The van der Waals surface area contributed by atoms with Crippen LogP contribution in [0.5, 0.6) is 0 Å². The Morgan fingerprint density at radius 2 is 1.95 bits per heavy atom. The van der Waals surface area contributed by atoms with E-state index in [1.807, 2.05) is 0 Å². The van der Waals surface area contributed by atoms with Crippen LogP contribution in [0.25, 0.3) is 10.2 Å². The summed E-state index contributed by atoms with van der Waals surface area (Å²) in [4.78, 5) is 36.0. The van der Waals surface area contributed by atoms with Crippen LogP contribution in [0.1, 0.15) is 21.7 Å². The molecule has 0 fully saturated rings. The van der Waals surface area contributed by atoms with Gasteiger partial charge in [0.05, 0.1) is 23.5 Å². The summed E-state index contributed by atoms with van der Waals surface area (Å²) in [7, 11) is 0. The second kappa shape index (κ2) is 6.47. The minimum absolute atomic E-state index is 0.00919. The molecule has 0 atom stereocenters. The number of hydrogen-bond donors (Lipinski definition) is 0. The molecule has 0 bridgehead atoms. The summed E-state index contributed by atoms with van der Waals surface area (Å²) in [5.74, 6) is 0. The lowest BCUT2D eigenvalue weighted by atomic mass is 10.2. The molecule has 0 unspecified atom stereocenters. The molecular formula is C13H13F3N2O3S. The van der Waals surface area contributed by atoms with Crippen molar-refractivity contribution in [3.8, 4) is 0 Å². The van der Waals surface area contributed by atoms with Crippen molar-refractivity contribution in [1.82, 2.24) is 9.13 Å². The van der Waals surface area contributed by atoms with E-state index in [1.54, 1.807) is 0 Å². The summed E-state index contributed by atoms with van der Waals surface area (Å²) in [5.41, 5.74) is -1.42. The third-order valence-corrected chi connectivity index (χ3v) is 4.51. The first-order chi connectivity index (χ1) is 10.4. The van der Waals surface area contributed by atoms with Crippen LogP contribution in [-0.2, 0) is 13.1 Å². The van der Waals surface area contributed by atoms with E-state index >= 15 is 0 Å². The van der Waals surface area contributed by atoms with Crippen molar-refractivity contribution in [2.45, 2.75) is 32.9 Å². The summed E-state index contributed by atoms with van der Waals surface area (Å²) < 4.78 is 39.2. The second-order valence-electron chi connectivity index (χ2n) is 4.67. The molecule has 2 rings (SSSR count). The Hall–Kier alpha value is -1.90. The van der Waals surface area contributed by atoms with Gasteiger partial charge < -0.3 is 0 Å². The Kier molecular flexibility index (Phi) is 4.84. The van der Waals surface area contributed by atoms with Crippen molar-refractivity contribution in [3.05, 3.63) is 31.3 Å². The Bertz CT molecular complexity index is 823. The largest absolute Gasteiger partial charge is 0.332 e. The number of aldehydes is 1. The molecule has 0 N–H and O–H groups in total. The molecule has 2 heterocycles. The van der Waals surface area contributed by atoms with E-state index in [0.717, 1.165) is 15.9 Å². The van der Waals surface area contributed by atoms with E-state index < -0.39 is 30.9 Å². The average molecular weight is 334 g/mol. The first-order valence-corrected chi connectivity index (χ1v) is 7.30. The number of aryl methyl sites for hydroxylation is 2. The number of nitrogens with zero attached hydrogens (tertiary/aromatic N) is 2. The predicted molar refractivity (Wildman–Crippen MR) is 77.1 cm³/mol. The highest BCUT2D eigenvalue weighted by molar-refractivity contribution is 7.20. The lowest BCUT2D eigenvalue weighted by Crippen LogP contribution is -2.41. The van der Waals surface area contributed by atoms with Crippen LogP contribution in [0.4, 0.5) is 13.2 Å². The van der Waals surface area contributed by atoms with Gasteiger partial charge in [0.25, 0.3) is 12.0 Å². The third kappa shape index (κ3) is 2.72. The molecular weight excluding hydrogens is 321 g/mol. The first-order valence-electron chi connectivity index (χ1n) is 6.48. The smallest absolute Gasteiger partial charge is 0.297 e. The number of carbonyl (C=O) groups excluding carboxylic acids is 1. The lowest BCUT2D eigenvalue weighted by molar-refractivity contribution is 0.112. The van der Waals surface area contributed by atoms with Gasteiger partial charge in [-0.05, 0) is 18.9 Å². The molecule has 0 aromatic carbocycles. The molecule has 9 heteroatoms. The molecule has 0 saturated carbocycles. The highest BCUT2D eigenvalue weighted by atomic mass is 32.1. The fourth-order valence-electron chi connectivity index (χ4n) is 2.24. The molecule has 2 aromatic heterocycles. The number of rotatable bonds is 6.